The minimum absolute atomic E-state index is 0.110. The molecule has 6 nitrogen and oxygen atoms in total. The Hall–Kier alpha value is -2.47. The highest BCUT2D eigenvalue weighted by atomic mass is 16.2. The van der Waals surface area contributed by atoms with Crippen molar-refractivity contribution in [1.29, 1.82) is 0 Å². The van der Waals surface area contributed by atoms with E-state index in [4.69, 9.17) is 5.11 Å². The fraction of sp³-hybridized carbons (Fsp3) is 0.214. The second-order valence-electron chi connectivity index (χ2n) is 4.16. The third kappa shape index (κ3) is 3.52. The lowest BCUT2D eigenvalue weighted by atomic mass is 10.1. The number of nitrogens with one attached hydrogen (secondary N) is 2. The van der Waals surface area contributed by atoms with Crippen molar-refractivity contribution in [3.8, 4) is 0 Å². The summed E-state index contributed by atoms with van der Waals surface area (Å²) < 4.78 is 0. The van der Waals surface area contributed by atoms with Gasteiger partial charge in [-0.3, -0.25) is 4.79 Å². The molecule has 1 aromatic heterocycles. The standard InChI is InChI=1S/C14H16N4O2/c1-15-13-9-16-12(8-17-13)14(20)18-11-4-2-10(3-5-11)6-7-19/h2-5,8-9,19H,6-7H2,1H3,(H,15,17)(H,18,20). The van der Waals surface area contributed by atoms with Crippen LogP contribution in [0.15, 0.2) is 36.7 Å². The molecule has 0 bridgehead atoms. The summed E-state index contributed by atoms with van der Waals surface area (Å²) in [6, 6.07) is 7.31. The Bertz CT molecular complexity index is 567. The summed E-state index contributed by atoms with van der Waals surface area (Å²) in [7, 11) is 1.73. The van der Waals surface area contributed by atoms with E-state index >= 15 is 0 Å². The van der Waals surface area contributed by atoms with Crippen LogP contribution in [-0.2, 0) is 6.42 Å². The maximum atomic E-state index is 12.0. The number of hydrogen-bond acceptors (Lipinski definition) is 5. The van der Waals surface area contributed by atoms with E-state index in [1.54, 1.807) is 19.2 Å². The SMILES string of the molecule is CNc1cnc(C(=O)Nc2ccc(CCO)cc2)cn1. The first kappa shape index (κ1) is 14.0. The molecule has 1 amide bonds. The van der Waals surface area contributed by atoms with Crippen LogP contribution >= 0.6 is 0 Å². The Kier molecular flexibility index (Phi) is 4.62. The molecule has 2 aromatic rings. The number of benzene rings is 1. The van der Waals surface area contributed by atoms with E-state index in [1.165, 1.54) is 12.4 Å². The van der Waals surface area contributed by atoms with E-state index in [2.05, 4.69) is 20.6 Å². The van der Waals surface area contributed by atoms with Gasteiger partial charge in [-0.2, -0.15) is 0 Å². The molecule has 0 atom stereocenters. The van der Waals surface area contributed by atoms with Gasteiger partial charge in [0.25, 0.3) is 5.91 Å². The van der Waals surface area contributed by atoms with Gasteiger partial charge in [-0.05, 0) is 24.1 Å². The van der Waals surface area contributed by atoms with Gasteiger partial charge in [-0.1, -0.05) is 12.1 Å². The molecule has 0 saturated carbocycles. The molecule has 0 aliphatic heterocycles. The average molecular weight is 272 g/mol. The van der Waals surface area contributed by atoms with E-state index in [9.17, 15) is 4.79 Å². The minimum Gasteiger partial charge on any atom is -0.396 e. The van der Waals surface area contributed by atoms with Crippen molar-refractivity contribution in [2.24, 2.45) is 0 Å². The molecule has 3 N–H and O–H groups in total. The van der Waals surface area contributed by atoms with Crippen molar-refractivity contribution in [2.75, 3.05) is 24.3 Å². The van der Waals surface area contributed by atoms with Crippen LogP contribution in [0.1, 0.15) is 16.1 Å². The first-order valence-electron chi connectivity index (χ1n) is 6.24. The van der Waals surface area contributed by atoms with Crippen LogP contribution in [0.4, 0.5) is 11.5 Å². The van der Waals surface area contributed by atoms with Crippen LogP contribution in [0.3, 0.4) is 0 Å². The second-order valence-corrected chi connectivity index (χ2v) is 4.16. The molecule has 0 unspecified atom stereocenters. The smallest absolute Gasteiger partial charge is 0.275 e. The van der Waals surface area contributed by atoms with Crippen LogP contribution in [0, 0.1) is 0 Å². The molecule has 0 fully saturated rings. The number of amides is 1. The van der Waals surface area contributed by atoms with Crippen molar-refractivity contribution in [1.82, 2.24) is 9.97 Å². The van der Waals surface area contributed by atoms with Crippen LogP contribution in [0.2, 0.25) is 0 Å². The number of anilines is 2. The lowest BCUT2D eigenvalue weighted by Gasteiger charge is -2.06. The first-order valence-corrected chi connectivity index (χ1v) is 6.24. The fourth-order valence-electron chi connectivity index (χ4n) is 1.65. The molecule has 0 aliphatic rings. The van der Waals surface area contributed by atoms with Gasteiger partial charge in [0.2, 0.25) is 0 Å². The van der Waals surface area contributed by atoms with Gasteiger partial charge in [0.15, 0.2) is 0 Å². The lowest BCUT2D eigenvalue weighted by molar-refractivity contribution is 0.102. The molecule has 104 valence electrons. The number of carbonyl (C=O) groups excluding carboxylic acids is 1. The van der Waals surface area contributed by atoms with E-state index in [0.29, 0.717) is 17.9 Å². The Morgan fingerprint density at radius 1 is 1.20 bits per heavy atom. The normalized spacial score (nSPS) is 10.1. The molecule has 20 heavy (non-hydrogen) atoms. The molecule has 1 heterocycles. The molecule has 2 rings (SSSR count). The third-order valence-corrected chi connectivity index (χ3v) is 2.75. The third-order valence-electron chi connectivity index (χ3n) is 2.75. The summed E-state index contributed by atoms with van der Waals surface area (Å²) in [6.07, 6.45) is 3.52. The van der Waals surface area contributed by atoms with Gasteiger partial charge in [0.05, 0.1) is 12.4 Å². The highest BCUT2D eigenvalue weighted by molar-refractivity contribution is 6.02. The zero-order valence-corrected chi connectivity index (χ0v) is 11.1. The Morgan fingerprint density at radius 3 is 2.50 bits per heavy atom. The summed E-state index contributed by atoms with van der Waals surface area (Å²) >= 11 is 0. The summed E-state index contributed by atoms with van der Waals surface area (Å²) in [5.74, 6) is 0.296. The highest BCUT2D eigenvalue weighted by Gasteiger charge is 2.08. The maximum Gasteiger partial charge on any atom is 0.275 e. The van der Waals surface area contributed by atoms with E-state index in [-0.39, 0.29) is 18.2 Å². The number of nitrogens with zero attached hydrogens (tertiary/aromatic N) is 2. The Labute approximate surface area is 116 Å². The van der Waals surface area contributed by atoms with Gasteiger partial charge in [-0.25, -0.2) is 9.97 Å². The molecular weight excluding hydrogens is 256 g/mol. The molecule has 0 spiro atoms. The summed E-state index contributed by atoms with van der Waals surface area (Å²) in [5, 5.41) is 14.4. The zero-order chi connectivity index (χ0) is 14.4. The van der Waals surface area contributed by atoms with Crippen molar-refractivity contribution in [3.05, 3.63) is 47.9 Å². The molecule has 0 radical (unpaired) electrons. The molecule has 0 aliphatic carbocycles. The van der Waals surface area contributed by atoms with Gasteiger partial charge in [0.1, 0.15) is 11.5 Å². The fourth-order valence-corrected chi connectivity index (χ4v) is 1.65. The van der Waals surface area contributed by atoms with Crippen molar-refractivity contribution in [2.45, 2.75) is 6.42 Å². The van der Waals surface area contributed by atoms with Crippen LogP contribution in [0.25, 0.3) is 0 Å². The van der Waals surface area contributed by atoms with Gasteiger partial charge >= 0.3 is 0 Å². The predicted molar refractivity (Wildman–Crippen MR) is 76.8 cm³/mol. The second kappa shape index (κ2) is 6.63. The van der Waals surface area contributed by atoms with E-state index < -0.39 is 0 Å². The number of aromatic nitrogens is 2. The molecule has 6 heteroatoms. The Balaban J connectivity index is 2.02. The maximum absolute atomic E-state index is 12.0. The first-order chi connectivity index (χ1) is 9.72. The zero-order valence-electron chi connectivity index (χ0n) is 11.1. The molecular formula is C14H16N4O2. The van der Waals surface area contributed by atoms with Crippen molar-refractivity contribution >= 4 is 17.4 Å². The average Bonchev–Trinajstić information content (AvgIpc) is 2.49. The van der Waals surface area contributed by atoms with E-state index in [1.807, 2.05) is 12.1 Å². The van der Waals surface area contributed by atoms with Crippen LogP contribution < -0.4 is 10.6 Å². The van der Waals surface area contributed by atoms with Crippen molar-refractivity contribution < 1.29 is 9.90 Å². The monoisotopic (exact) mass is 272 g/mol. The Morgan fingerprint density at radius 2 is 1.95 bits per heavy atom. The molecule has 0 saturated heterocycles. The minimum atomic E-state index is -0.310. The number of aliphatic hydroxyl groups is 1. The van der Waals surface area contributed by atoms with Gasteiger partial charge < -0.3 is 15.7 Å². The van der Waals surface area contributed by atoms with Crippen molar-refractivity contribution in [3.63, 3.8) is 0 Å². The summed E-state index contributed by atoms with van der Waals surface area (Å²) in [5.41, 5.74) is 1.95. The summed E-state index contributed by atoms with van der Waals surface area (Å²) in [4.78, 5) is 20.0. The summed E-state index contributed by atoms with van der Waals surface area (Å²) in [6.45, 7) is 0.110. The van der Waals surface area contributed by atoms with E-state index in [0.717, 1.165) is 5.56 Å². The largest absolute Gasteiger partial charge is 0.396 e. The van der Waals surface area contributed by atoms with Gasteiger partial charge in [0, 0.05) is 19.3 Å². The highest BCUT2D eigenvalue weighted by Crippen LogP contribution is 2.11. The topological polar surface area (TPSA) is 87.1 Å². The quantitative estimate of drug-likeness (QED) is 0.763. The predicted octanol–water partition coefficient (Wildman–Crippen LogP) is 1.31. The lowest BCUT2D eigenvalue weighted by Crippen LogP contribution is -2.14. The van der Waals surface area contributed by atoms with Gasteiger partial charge in [-0.15, -0.1) is 0 Å². The number of rotatable bonds is 5. The number of hydrogen-bond donors (Lipinski definition) is 3. The molecule has 1 aromatic carbocycles. The number of carbonyl (C=O) groups is 1. The number of aliphatic hydroxyl groups excluding tert-OH is 1. The van der Waals surface area contributed by atoms with Crippen LogP contribution in [0.5, 0.6) is 0 Å². The van der Waals surface area contributed by atoms with Crippen LogP contribution in [-0.4, -0.2) is 34.6 Å².